The van der Waals surface area contributed by atoms with Crippen LogP contribution in [0.4, 0.5) is 5.69 Å². The van der Waals surface area contributed by atoms with Gasteiger partial charge in [-0.05, 0) is 43.2 Å². The van der Waals surface area contributed by atoms with Crippen molar-refractivity contribution in [3.8, 4) is 5.75 Å². The average molecular weight is 389 g/mol. The van der Waals surface area contributed by atoms with Crippen molar-refractivity contribution in [1.29, 1.82) is 0 Å². The molecule has 0 unspecified atom stereocenters. The van der Waals surface area contributed by atoms with E-state index >= 15 is 0 Å². The van der Waals surface area contributed by atoms with Crippen molar-refractivity contribution in [3.05, 3.63) is 48.3 Å². The molecular formula is C19H23N3O4S. The second-order valence-electron chi connectivity index (χ2n) is 6.37. The Morgan fingerprint density at radius 2 is 1.74 bits per heavy atom. The van der Waals surface area contributed by atoms with E-state index in [4.69, 9.17) is 4.74 Å². The highest BCUT2D eigenvalue weighted by molar-refractivity contribution is 7.89. The van der Waals surface area contributed by atoms with Crippen molar-refractivity contribution in [2.75, 3.05) is 25.5 Å². The van der Waals surface area contributed by atoms with Crippen LogP contribution in [0.2, 0.25) is 0 Å². The van der Waals surface area contributed by atoms with Crippen molar-refractivity contribution in [2.45, 2.75) is 30.6 Å². The Balaban J connectivity index is 1.92. The van der Waals surface area contributed by atoms with Crippen LogP contribution in [0.3, 0.4) is 0 Å². The number of carbonyl (C=O) groups is 1. The first-order valence-electron chi connectivity index (χ1n) is 8.92. The summed E-state index contributed by atoms with van der Waals surface area (Å²) in [5.41, 5.74) is 0.837. The first-order valence-corrected chi connectivity index (χ1v) is 10.4. The number of anilines is 1. The molecule has 7 nitrogen and oxygen atoms in total. The van der Waals surface area contributed by atoms with E-state index < -0.39 is 15.9 Å². The number of carbonyl (C=O) groups excluding carboxylic acids is 1. The fraction of sp³-hybridized carbons (Fsp3) is 0.368. The average Bonchev–Trinajstić information content (AvgIpc) is 2.98. The highest BCUT2D eigenvalue weighted by atomic mass is 32.2. The number of methoxy groups -OCH3 is 1. The summed E-state index contributed by atoms with van der Waals surface area (Å²) in [6, 6.07) is 7.78. The molecule has 3 rings (SSSR count). The molecule has 8 heteroatoms. The number of benzene rings is 1. The molecule has 1 N–H and O–H groups in total. The summed E-state index contributed by atoms with van der Waals surface area (Å²) in [5, 5.41) is 2.74. The topological polar surface area (TPSA) is 88.6 Å². The molecule has 0 spiro atoms. The molecule has 0 saturated carbocycles. The lowest BCUT2D eigenvalue weighted by Crippen LogP contribution is -2.32. The van der Waals surface area contributed by atoms with Crippen LogP contribution in [0.5, 0.6) is 5.75 Å². The summed E-state index contributed by atoms with van der Waals surface area (Å²) in [6.45, 7) is 0.970. The molecule has 0 atom stereocenters. The van der Waals surface area contributed by atoms with Crippen LogP contribution in [0, 0.1) is 0 Å². The second kappa shape index (κ2) is 8.49. The van der Waals surface area contributed by atoms with E-state index in [-0.39, 0.29) is 16.2 Å². The number of amides is 1. The summed E-state index contributed by atoms with van der Waals surface area (Å²) in [4.78, 5) is 16.5. The van der Waals surface area contributed by atoms with Gasteiger partial charge in [0, 0.05) is 36.7 Å². The molecule has 27 heavy (non-hydrogen) atoms. The zero-order valence-corrected chi connectivity index (χ0v) is 16.0. The molecule has 1 aliphatic heterocycles. The lowest BCUT2D eigenvalue weighted by atomic mass is 10.2. The lowest BCUT2D eigenvalue weighted by molar-refractivity contribution is 0.102. The molecule has 2 heterocycles. The Kier molecular flexibility index (Phi) is 6.08. The SMILES string of the molecule is COc1ccc(C(=O)Nc2ccncc2)cc1S(=O)(=O)N1CCCCCC1. The summed E-state index contributed by atoms with van der Waals surface area (Å²) < 4.78 is 33.1. The van der Waals surface area contributed by atoms with Gasteiger partial charge in [0.2, 0.25) is 10.0 Å². The van der Waals surface area contributed by atoms with E-state index in [0.717, 1.165) is 25.7 Å². The summed E-state index contributed by atoms with van der Waals surface area (Å²) >= 11 is 0. The normalized spacial score (nSPS) is 15.7. The van der Waals surface area contributed by atoms with Crippen molar-refractivity contribution >= 4 is 21.6 Å². The van der Waals surface area contributed by atoms with Gasteiger partial charge in [0.15, 0.2) is 0 Å². The third kappa shape index (κ3) is 4.45. The Morgan fingerprint density at radius 3 is 2.37 bits per heavy atom. The van der Waals surface area contributed by atoms with Gasteiger partial charge in [0.1, 0.15) is 10.6 Å². The Bertz CT molecular complexity index is 892. The molecule has 1 aromatic carbocycles. The van der Waals surface area contributed by atoms with Crippen LogP contribution in [0.1, 0.15) is 36.0 Å². The van der Waals surface area contributed by atoms with Gasteiger partial charge >= 0.3 is 0 Å². The van der Waals surface area contributed by atoms with Crippen LogP contribution < -0.4 is 10.1 Å². The van der Waals surface area contributed by atoms with E-state index in [2.05, 4.69) is 10.3 Å². The Labute approximate surface area is 159 Å². The van der Waals surface area contributed by atoms with Gasteiger partial charge < -0.3 is 10.1 Å². The second-order valence-corrected chi connectivity index (χ2v) is 8.28. The highest BCUT2D eigenvalue weighted by Gasteiger charge is 2.29. The van der Waals surface area contributed by atoms with Gasteiger partial charge in [-0.2, -0.15) is 4.31 Å². The molecule has 0 radical (unpaired) electrons. The lowest BCUT2D eigenvalue weighted by Gasteiger charge is -2.21. The number of sulfonamides is 1. The number of ether oxygens (including phenoxy) is 1. The van der Waals surface area contributed by atoms with E-state index in [1.54, 1.807) is 30.6 Å². The predicted molar refractivity (Wildman–Crippen MR) is 102 cm³/mol. The molecule has 144 valence electrons. The number of hydrogen-bond donors (Lipinski definition) is 1. The monoisotopic (exact) mass is 389 g/mol. The van der Waals surface area contributed by atoms with Crippen molar-refractivity contribution < 1.29 is 17.9 Å². The number of aromatic nitrogens is 1. The molecule has 1 aromatic heterocycles. The largest absolute Gasteiger partial charge is 0.495 e. The number of nitrogens with one attached hydrogen (secondary N) is 1. The van der Waals surface area contributed by atoms with Gasteiger partial charge in [-0.25, -0.2) is 8.42 Å². The first kappa shape index (κ1) is 19.3. The highest BCUT2D eigenvalue weighted by Crippen LogP contribution is 2.29. The van der Waals surface area contributed by atoms with E-state index in [1.165, 1.54) is 23.5 Å². The van der Waals surface area contributed by atoms with Crippen molar-refractivity contribution in [3.63, 3.8) is 0 Å². The Hall–Kier alpha value is -2.45. The van der Waals surface area contributed by atoms with E-state index in [0.29, 0.717) is 18.8 Å². The number of rotatable bonds is 5. The molecule has 2 aromatic rings. The minimum Gasteiger partial charge on any atom is -0.495 e. The van der Waals surface area contributed by atoms with Gasteiger partial charge in [0.25, 0.3) is 5.91 Å². The van der Waals surface area contributed by atoms with Crippen molar-refractivity contribution in [1.82, 2.24) is 9.29 Å². The summed E-state index contributed by atoms with van der Waals surface area (Å²) in [7, 11) is -2.31. The molecule has 0 aliphatic carbocycles. The van der Waals surface area contributed by atoms with Gasteiger partial charge in [0.05, 0.1) is 7.11 Å². The molecule has 1 amide bonds. The smallest absolute Gasteiger partial charge is 0.255 e. The maximum Gasteiger partial charge on any atom is 0.255 e. The minimum atomic E-state index is -3.74. The van der Waals surface area contributed by atoms with E-state index in [9.17, 15) is 13.2 Å². The van der Waals surface area contributed by atoms with Crippen LogP contribution in [-0.4, -0.2) is 43.8 Å². The zero-order valence-electron chi connectivity index (χ0n) is 15.2. The summed E-state index contributed by atoms with van der Waals surface area (Å²) in [6.07, 6.45) is 6.86. The van der Waals surface area contributed by atoms with Gasteiger partial charge in [-0.15, -0.1) is 0 Å². The fourth-order valence-corrected chi connectivity index (χ4v) is 4.78. The van der Waals surface area contributed by atoms with Gasteiger partial charge in [-0.3, -0.25) is 9.78 Å². The van der Waals surface area contributed by atoms with Crippen LogP contribution in [0.15, 0.2) is 47.6 Å². The molecule has 1 fully saturated rings. The predicted octanol–water partition coefficient (Wildman–Crippen LogP) is 2.91. The standard InChI is InChI=1S/C19H23N3O4S/c1-26-17-7-6-15(19(23)21-16-8-10-20-11-9-16)14-18(17)27(24,25)22-12-4-2-3-5-13-22/h6-11,14H,2-5,12-13H2,1H3,(H,20,21,23). The molecule has 0 bridgehead atoms. The zero-order chi connectivity index (χ0) is 19.3. The number of hydrogen-bond acceptors (Lipinski definition) is 5. The minimum absolute atomic E-state index is 0.0225. The number of nitrogens with zero attached hydrogens (tertiary/aromatic N) is 2. The third-order valence-corrected chi connectivity index (χ3v) is 6.47. The van der Waals surface area contributed by atoms with Crippen molar-refractivity contribution in [2.24, 2.45) is 0 Å². The number of pyridine rings is 1. The maximum absolute atomic E-state index is 13.2. The Morgan fingerprint density at radius 1 is 1.07 bits per heavy atom. The van der Waals surface area contributed by atoms with E-state index in [1.807, 2.05) is 0 Å². The third-order valence-electron chi connectivity index (χ3n) is 4.55. The van der Waals surface area contributed by atoms with Gasteiger partial charge in [-0.1, -0.05) is 12.8 Å². The van der Waals surface area contributed by atoms with Crippen LogP contribution in [-0.2, 0) is 10.0 Å². The first-order chi connectivity index (χ1) is 13.0. The molecular weight excluding hydrogens is 366 g/mol. The fourth-order valence-electron chi connectivity index (χ4n) is 3.08. The quantitative estimate of drug-likeness (QED) is 0.849. The summed E-state index contributed by atoms with van der Waals surface area (Å²) in [5.74, 6) is -0.157. The van der Waals surface area contributed by atoms with Crippen LogP contribution >= 0.6 is 0 Å². The molecule has 1 saturated heterocycles. The van der Waals surface area contributed by atoms with Crippen LogP contribution in [0.25, 0.3) is 0 Å². The molecule has 1 aliphatic rings. The maximum atomic E-state index is 13.2.